The van der Waals surface area contributed by atoms with E-state index in [2.05, 4.69) is 5.32 Å². The minimum atomic E-state index is -0.388. The van der Waals surface area contributed by atoms with Gasteiger partial charge in [-0.3, -0.25) is 4.79 Å². The van der Waals surface area contributed by atoms with Gasteiger partial charge in [-0.15, -0.1) is 0 Å². The molecule has 5 heteroatoms. The molecule has 20 heavy (non-hydrogen) atoms. The number of benzene rings is 1. The molecule has 1 aromatic carbocycles. The molecule has 0 spiro atoms. The molecule has 0 saturated carbocycles. The maximum absolute atomic E-state index is 13.7. The van der Waals surface area contributed by atoms with Gasteiger partial charge in [0.2, 0.25) is 5.91 Å². The number of hydrogen-bond acceptors (Lipinski definition) is 3. The molecular weight excluding hydrogens is 257 g/mol. The molecule has 2 atom stereocenters. The maximum atomic E-state index is 13.7. The predicted molar refractivity (Wildman–Crippen MR) is 73.2 cm³/mol. The van der Waals surface area contributed by atoms with Crippen molar-refractivity contribution in [2.24, 2.45) is 5.92 Å². The van der Waals surface area contributed by atoms with Crippen LogP contribution in [0.25, 0.3) is 0 Å². The van der Waals surface area contributed by atoms with Crippen molar-refractivity contribution in [2.75, 3.05) is 13.6 Å². The zero-order valence-electron chi connectivity index (χ0n) is 11.7. The van der Waals surface area contributed by atoms with Crippen molar-refractivity contribution in [1.29, 1.82) is 5.26 Å². The van der Waals surface area contributed by atoms with Crippen LogP contribution in [0.5, 0.6) is 0 Å². The van der Waals surface area contributed by atoms with E-state index in [0.29, 0.717) is 11.1 Å². The Bertz CT molecular complexity index is 553. The van der Waals surface area contributed by atoms with Gasteiger partial charge in [-0.1, -0.05) is 0 Å². The van der Waals surface area contributed by atoms with Crippen molar-refractivity contribution in [3.05, 3.63) is 35.1 Å². The van der Waals surface area contributed by atoms with Gasteiger partial charge in [0, 0.05) is 25.2 Å². The van der Waals surface area contributed by atoms with Crippen molar-refractivity contribution < 1.29 is 9.18 Å². The number of amides is 1. The summed E-state index contributed by atoms with van der Waals surface area (Å²) in [5, 5.41) is 12.1. The van der Waals surface area contributed by atoms with Crippen LogP contribution in [0, 0.1) is 23.1 Å². The number of nitrogens with one attached hydrogen (secondary N) is 1. The van der Waals surface area contributed by atoms with Gasteiger partial charge in [0.1, 0.15) is 5.82 Å². The number of carbonyl (C=O) groups excluding carboxylic acids is 1. The molecule has 0 aromatic heterocycles. The monoisotopic (exact) mass is 275 g/mol. The van der Waals surface area contributed by atoms with Crippen LogP contribution >= 0.6 is 0 Å². The molecule has 1 fully saturated rings. The Labute approximate surface area is 118 Å². The van der Waals surface area contributed by atoms with Crippen LogP contribution in [-0.4, -0.2) is 30.4 Å². The van der Waals surface area contributed by atoms with Crippen LogP contribution in [0.3, 0.4) is 0 Å². The van der Waals surface area contributed by atoms with Gasteiger partial charge in [-0.2, -0.15) is 5.26 Å². The summed E-state index contributed by atoms with van der Waals surface area (Å²) < 4.78 is 13.7. The molecule has 1 saturated heterocycles. The maximum Gasteiger partial charge on any atom is 0.227 e. The summed E-state index contributed by atoms with van der Waals surface area (Å²) in [7, 11) is 1.67. The number of carbonyl (C=O) groups is 1. The van der Waals surface area contributed by atoms with E-state index >= 15 is 0 Å². The van der Waals surface area contributed by atoms with E-state index in [0.717, 1.165) is 13.0 Å². The second-order valence-electron chi connectivity index (χ2n) is 5.25. The summed E-state index contributed by atoms with van der Waals surface area (Å²) >= 11 is 0. The molecule has 0 radical (unpaired) electrons. The number of nitrogens with zero attached hydrogens (tertiary/aromatic N) is 2. The molecule has 106 valence electrons. The van der Waals surface area contributed by atoms with Crippen molar-refractivity contribution in [2.45, 2.75) is 25.9 Å². The van der Waals surface area contributed by atoms with Crippen LogP contribution in [0.1, 0.15) is 24.5 Å². The molecule has 2 rings (SSSR count). The van der Waals surface area contributed by atoms with Crippen LogP contribution in [0.2, 0.25) is 0 Å². The number of rotatable bonds is 3. The lowest BCUT2D eigenvalue weighted by molar-refractivity contribution is -0.134. The number of nitriles is 1. The highest BCUT2D eigenvalue weighted by atomic mass is 19.1. The molecule has 1 aliphatic rings. The SMILES string of the molecule is CC1NCCC1C(=O)N(C)Cc1cc(C#N)ccc1F. The molecule has 1 N–H and O–H groups in total. The summed E-state index contributed by atoms with van der Waals surface area (Å²) in [4.78, 5) is 13.9. The van der Waals surface area contributed by atoms with E-state index < -0.39 is 0 Å². The molecule has 2 unspecified atom stereocenters. The number of halogens is 1. The Kier molecular flexibility index (Phi) is 4.35. The predicted octanol–water partition coefficient (Wildman–Crippen LogP) is 1.65. The minimum absolute atomic E-state index is 0.0178. The molecule has 0 bridgehead atoms. The van der Waals surface area contributed by atoms with E-state index in [-0.39, 0.29) is 30.2 Å². The fraction of sp³-hybridized carbons (Fsp3) is 0.467. The second-order valence-corrected chi connectivity index (χ2v) is 5.25. The van der Waals surface area contributed by atoms with Gasteiger partial charge >= 0.3 is 0 Å². The van der Waals surface area contributed by atoms with Crippen molar-refractivity contribution in [1.82, 2.24) is 10.2 Å². The first-order chi connectivity index (χ1) is 9.52. The topological polar surface area (TPSA) is 56.1 Å². The first-order valence-electron chi connectivity index (χ1n) is 6.70. The normalized spacial score (nSPS) is 21.5. The van der Waals surface area contributed by atoms with Gasteiger partial charge in [-0.05, 0) is 38.1 Å². The second kappa shape index (κ2) is 6.02. The molecule has 1 aromatic rings. The third-order valence-electron chi connectivity index (χ3n) is 3.80. The smallest absolute Gasteiger partial charge is 0.227 e. The Morgan fingerprint density at radius 2 is 2.35 bits per heavy atom. The molecule has 1 amide bonds. The third-order valence-corrected chi connectivity index (χ3v) is 3.80. The average Bonchev–Trinajstić information content (AvgIpc) is 2.86. The zero-order chi connectivity index (χ0) is 14.7. The van der Waals surface area contributed by atoms with Crippen molar-refractivity contribution in [3.8, 4) is 6.07 Å². The lowest BCUT2D eigenvalue weighted by Crippen LogP contribution is -2.37. The molecular formula is C15H18FN3O. The molecule has 4 nitrogen and oxygen atoms in total. The average molecular weight is 275 g/mol. The Hall–Kier alpha value is -1.93. The van der Waals surface area contributed by atoms with E-state index in [1.807, 2.05) is 13.0 Å². The fourth-order valence-corrected chi connectivity index (χ4v) is 2.58. The van der Waals surface area contributed by atoms with Crippen LogP contribution in [-0.2, 0) is 11.3 Å². The van der Waals surface area contributed by atoms with Crippen LogP contribution in [0.4, 0.5) is 4.39 Å². The zero-order valence-corrected chi connectivity index (χ0v) is 11.7. The minimum Gasteiger partial charge on any atom is -0.341 e. The van der Waals surface area contributed by atoms with E-state index in [1.165, 1.54) is 23.1 Å². The fourth-order valence-electron chi connectivity index (χ4n) is 2.58. The van der Waals surface area contributed by atoms with E-state index in [1.54, 1.807) is 7.05 Å². The summed E-state index contributed by atoms with van der Waals surface area (Å²) in [5.74, 6) is -0.423. The highest BCUT2D eigenvalue weighted by Crippen LogP contribution is 2.19. The summed E-state index contributed by atoms with van der Waals surface area (Å²) in [6.45, 7) is 3.01. The van der Waals surface area contributed by atoms with Crippen molar-refractivity contribution >= 4 is 5.91 Å². The van der Waals surface area contributed by atoms with Gasteiger partial charge in [0.15, 0.2) is 0 Å². The third kappa shape index (κ3) is 2.97. The molecule has 0 aliphatic carbocycles. The summed E-state index contributed by atoms with van der Waals surface area (Å²) in [6.07, 6.45) is 0.811. The molecule has 1 heterocycles. The van der Waals surface area contributed by atoms with E-state index in [4.69, 9.17) is 5.26 Å². The summed E-state index contributed by atoms with van der Waals surface area (Å²) in [5.41, 5.74) is 0.775. The Balaban J connectivity index is 2.09. The van der Waals surface area contributed by atoms with Crippen LogP contribution in [0.15, 0.2) is 18.2 Å². The molecule has 1 aliphatic heterocycles. The largest absolute Gasteiger partial charge is 0.341 e. The van der Waals surface area contributed by atoms with Gasteiger partial charge in [-0.25, -0.2) is 4.39 Å². The Morgan fingerprint density at radius 3 is 2.95 bits per heavy atom. The van der Waals surface area contributed by atoms with Gasteiger partial charge in [0.25, 0.3) is 0 Å². The van der Waals surface area contributed by atoms with Crippen LogP contribution < -0.4 is 5.32 Å². The Morgan fingerprint density at radius 1 is 1.60 bits per heavy atom. The number of hydrogen-bond donors (Lipinski definition) is 1. The van der Waals surface area contributed by atoms with Gasteiger partial charge < -0.3 is 10.2 Å². The standard InChI is InChI=1S/C15H18FN3O/c1-10-13(5-6-18-10)15(20)19(2)9-12-7-11(8-17)3-4-14(12)16/h3-4,7,10,13,18H,5-6,9H2,1-2H3. The quantitative estimate of drug-likeness (QED) is 0.912. The van der Waals surface area contributed by atoms with Crippen molar-refractivity contribution in [3.63, 3.8) is 0 Å². The van der Waals surface area contributed by atoms with E-state index in [9.17, 15) is 9.18 Å². The highest BCUT2D eigenvalue weighted by Gasteiger charge is 2.31. The highest BCUT2D eigenvalue weighted by molar-refractivity contribution is 5.79. The first kappa shape index (κ1) is 14.5. The summed E-state index contributed by atoms with van der Waals surface area (Å²) in [6, 6.07) is 6.33. The van der Waals surface area contributed by atoms with Gasteiger partial charge in [0.05, 0.1) is 17.6 Å². The lowest BCUT2D eigenvalue weighted by atomic mass is 10.00. The first-order valence-corrected chi connectivity index (χ1v) is 6.70. The lowest BCUT2D eigenvalue weighted by Gasteiger charge is -2.23.